The number of hydrogen-bond acceptors (Lipinski definition) is 5. The van der Waals surface area contributed by atoms with Gasteiger partial charge in [0, 0.05) is 24.8 Å². The fourth-order valence-electron chi connectivity index (χ4n) is 3.15. The van der Waals surface area contributed by atoms with Crippen molar-refractivity contribution in [3.63, 3.8) is 0 Å². The van der Waals surface area contributed by atoms with Gasteiger partial charge in [-0.1, -0.05) is 35.5 Å². The van der Waals surface area contributed by atoms with Gasteiger partial charge in [0.15, 0.2) is 0 Å². The van der Waals surface area contributed by atoms with E-state index in [9.17, 15) is 9.18 Å². The Bertz CT molecular complexity index is 895. The molecular formula is C19H17FN4O2. The lowest BCUT2D eigenvalue weighted by molar-refractivity contribution is 0.0695. The van der Waals surface area contributed by atoms with E-state index in [4.69, 9.17) is 4.52 Å². The van der Waals surface area contributed by atoms with Crippen LogP contribution in [-0.4, -0.2) is 39.0 Å². The first kappa shape index (κ1) is 16.4. The maximum Gasteiger partial charge on any atom is 0.255 e. The summed E-state index contributed by atoms with van der Waals surface area (Å²) >= 11 is 0. The van der Waals surface area contributed by atoms with Crippen LogP contribution in [0.15, 0.2) is 53.2 Å². The van der Waals surface area contributed by atoms with E-state index in [1.807, 2.05) is 30.3 Å². The molecule has 3 heterocycles. The molecule has 132 valence electrons. The van der Waals surface area contributed by atoms with E-state index in [-0.39, 0.29) is 11.8 Å². The number of carbonyl (C=O) groups is 1. The molecule has 0 aliphatic carbocycles. The van der Waals surface area contributed by atoms with E-state index in [1.165, 1.54) is 18.3 Å². The third kappa shape index (κ3) is 3.33. The molecule has 1 unspecified atom stereocenters. The number of aromatic nitrogens is 3. The standard InChI is InChI=1S/C19H17FN4O2/c20-16-9-8-14(11-21-16)19(25)24-10-4-7-15(12-24)18-22-17(23-26-18)13-5-2-1-3-6-13/h1-3,5-6,8-9,11,15H,4,7,10,12H2. The minimum atomic E-state index is -0.600. The number of benzene rings is 1. The average molecular weight is 352 g/mol. The lowest BCUT2D eigenvalue weighted by Gasteiger charge is -2.31. The number of hydrogen-bond donors (Lipinski definition) is 0. The van der Waals surface area contributed by atoms with Crippen LogP contribution in [0.25, 0.3) is 11.4 Å². The second-order valence-corrected chi connectivity index (χ2v) is 6.28. The summed E-state index contributed by atoms with van der Waals surface area (Å²) in [5.41, 5.74) is 1.27. The maximum atomic E-state index is 13.0. The molecule has 1 amide bonds. The Morgan fingerprint density at radius 2 is 2.04 bits per heavy atom. The van der Waals surface area contributed by atoms with Crippen LogP contribution in [0.4, 0.5) is 4.39 Å². The van der Waals surface area contributed by atoms with Crippen molar-refractivity contribution in [3.8, 4) is 11.4 Å². The van der Waals surface area contributed by atoms with Crippen molar-refractivity contribution in [3.05, 3.63) is 66.1 Å². The van der Waals surface area contributed by atoms with Crippen molar-refractivity contribution in [1.29, 1.82) is 0 Å². The van der Waals surface area contributed by atoms with E-state index >= 15 is 0 Å². The molecule has 1 atom stereocenters. The molecule has 1 aliphatic rings. The van der Waals surface area contributed by atoms with Gasteiger partial charge in [-0.2, -0.15) is 9.37 Å². The summed E-state index contributed by atoms with van der Waals surface area (Å²) in [6, 6.07) is 12.3. The summed E-state index contributed by atoms with van der Waals surface area (Å²) in [4.78, 5) is 22.4. The van der Waals surface area contributed by atoms with Gasteiger partial charge in [0.25, 0.3) is 5.91 Å². The zero-order chi connectivity index (χ0) is 17.9. The highest BCUT2D eigenvalue weighted by molar-refractivity contribution is 5.94. The fourth-order valence-corrected chi connectivity index (χ4v) is 3.15. The fraction of sp³-hybridized carbons (Fsp3) is 0.263. The van der Waals surface area contributed by atoms with Gasteiger partial charge >= 0.3 is 0 Å². The molecule has 26 heavy (non-hydrogen) atoms. The molecule has 6 nitrogen and oxygen atoms in total. The van der Waals surface area contributed by atoms with Crippen molar-refractivity contribution >= 4 is 5.91 Å². The van der Waals surface area contributed by atoms with Crippen LogP contribution >= 0.6 is 0 Å². The third-order valence-electron chi connectivity index (χ3n) is 4.51. The Hall–Kier alpha value is -3.09. The highest BCUT2D eigenvalue weighted by Crippen LogP contribution is 2.28. The number of rotatable bonds is 3. The van der Waals surface area contributed by atoms with E-state index in [2.05, 4.69) is 15.1 Å². The van der Waals surface area contributed by atoms with E-state index in [0.29, 0.717) is 30.4 Å². The van der Waals surface area contributed by atoms with Gasteiger partial charge in [-0.25, -0.2) is 4.98 Å². The summed E-state index contributed by atoms with van der Waals surface area (Å²) in [6.07, 6.45) is 2.98. The van der Waals surface area contributed by atoms with Crippen molar-refractivity contribution in [2.75, 3.05) is 13.1 Å². The lowest BCUT2D eigenvalue weighted by Crippen LogP contribution is -2.39. The monoisotopic (exact) mass is 352 g/mol. The van der Waals surface area contributed by atoms with Crippen molar-refractivity contribution in [1.82, 2.24) is 20.0 Å². The zero-order valence-corrected chi connectivity index (χ0v) is 14.0. The van der Waals surface area contributed by atoms with Gasteiger partial charge < -0.3 is 9.42 Å². The summed E-state index contributed by atoms with van der Waals surface area (Å²) in [5.74, 6) is 0.318. The number of piperidine rings is 1. The summed E-state index contributed by atoms with van der Waals surface area (Å²) in [6.45, 7) is 1.14. The molecule has 0 radical (unpaired) electrons. The topological polar surface area (TPSA) is 72.1 Å². The van der Waals surface area contributed by atoms with Crippen molar-refractivity contribution in [2.24, 2.45) is 0 Å². The molecule has 0 N–H and O–H groups in total. The lowest BCUT2D eigenvalue weighted by atomic mass is 9.97. The highest BCUT2D eigenvalue weighted by Gasteiger charge is 2.29. The largest absolute Gasteiger partial charge is 0.339 e. The van der Waals surface area contributed by atoms with Gasteiger partial charge in [-0.15, -0.1) is 0 Å². The van der Waals surface area contributed by atoms with Gasteiger partial charge in [0.1, 0.15) is 0 Å². The van der Waals surface area contributed by atoms with E-state index in [0.717, 1.165) is 18.4 Å². The number of nitrogens with zero attached hydrogens (tertiary/aromatic N) is 4. The second kappa shape index (κ2) is 7.03. The maximum absolute atomic E-state index is 13.0. The van der Waals surface area contributed by atoms with Crippen molar-refractivity contribution < 1.29 is 13.7 Å². The predicted octanol–water partition coefficient (Wildman–Crippen LogP) is 3.29. The minimum absolute atomic E-state index is 0.00827. The normalized spacial score (nSPS) is 17.3. The molecule has 1 aromatic carbocycles. The average Bonchev–Trinajstić information content (AvgIpc) is 3.19. The Morgan fingerprint density at radius 3 is 2.81 bits per heavy atom. The summed E-state index contributed by atoms with van der Waals surface area (Å²) < 4.78 is 18.4. The van der Waals surface area contributed by atoms with Gasteiger partial charge in [0.05, 0.1) is 11.5 Å². The molecule has 3 aromatic rings. The first-order chi connectivity index (χ1) is 12.7. The molecule has 2 aromatic heterocycles. The Balaban J connectivity index is 1.49. The number of halogens is 1. The summed E-state index contributed by atoms with van der Waals surface area (Å²) in [5, 5.41) is 4.06. The summed E-state index contributed by atoms with van der Waals surface area (Å²) in [7, 11) is 0. The smallest absolute Gasteiger partial charge is 0.255 e. The molecule has 1 saturated heterocycles. The molecule has 1 aliphatic heterocycles. The predicted molar refractivity (Wildman–Crippen MR) is 91.8 cm³/mol. The Kier molecular flexibility index (Phi) is 4.43. The Morgan fingerprint density at radius 1 is 1.19 bits per heavy atom. The number of likely N-dealkylation sites (tertiary alicyclic amines) is 1. The van der Waals surface area contributed by atoms with Crippen LogP contribution in [0.5, 0.6) is 0 Å². The number of pyridine rings is 1. The quantitative estimate of drug-likeness (QED) is 0.677. The van der Waals surface area contributed by atoms with Gasteiger partial charge in [0.2, 0.25) is 17.7 Å². The van der Waals surface area contributed by atoms with Crippen LogP contribution in [-0.2, 0) is 0 Å². The Labute approximate surface area is 149 Å². The van der Waals surface area contributed by atoms with Crippen LogP contribution in [0.1, 0.15) is 35.0 Å². The van der Waals surface area contributed by atoms with Crippen LogP contribution in [0.2, 0.25) is 0 Å². The minimum Gasteiger partial charge on any atom is -0.339 e. The molecule has 0 spiro atoms. The molecule has 4 rings (SSSR count). The van der Waals surface area contributed by atoms with E-state index in [1.54, 1.807) is 4.90 Å². The molecule has 0 saturated carbocycles. The van der Waals surface area contributed by atoms with Gasteiger partial charge in [-0.3, -0.25) is 4.79 Å². The zero-order valence-electron chi connectivity index (χ0n) is 14.0. The molecule has 0 bridgehead atoms. The SMILES string of the molecule is O=C(c1ccc(F)nc1)N1CCCC(c2nc(-c3ccccc3)no2)C1. The molecular weight excluding hydrogens is 335 g/mol. The first-order valence-corrected chi connectivity index (χ1v) is 8.50. The van der Waals surface area contributed by atoms with Crippen molar-refractivity contribution in [2.45, 2.75) is 18.8 Å². The molecule has 7 heteroatoms. The van der Waals surface area contributed by atoms with Crippen LogP contribution < -0.4 is 0 Å². The second-order valence-electron chi connectivity index (χ2n) is 6.28. The van der Waals surface area contributed by atoms with E-state index < -0.39 is 5.95 Å². The first-order valence-electron chi connectivity index (χ1n) is 8.50. The van der Waals surface area contributed by atoms with Crippen LogP contribution in [0.3, 0.4) is 0 Å². The molecule has 1 fully saturated rings. The number of carbonyl (C=O) groups excluding carboxylic acids is 1. The number of amides is 1. The van der Waals surface area contributed by atoms with Gasteiger partial charge in [-0.05, 0) is 25.0 Å². The highest BCUT2D eigenvalue weighted by atomic mass is 19.1. The third-order valence-corrected chi connectivity index (χ3v) is 4.51. The van der Waals surface area contributed by atoms with Crippen LogP contribution in [0, 0.1) is 5.95 Å².